The van der Waals surface area contributed by atoms with Crippen molar-refractivity contribution < 1.29 is 4.92 Å². The molecule has 0 saturated carbocycles. The molecular formula is C15H12INO2. The molecule has 0 aliphatic heterocycles. The van der Waals surface area contributed by atoms with E-state index in [2.05, 4.69) is 59.9 Å². The van der Waals surface area contributed by atoms with Gasteiger partial charge in [-0.1, -0.05) is 29.8 Å². The van der Waals surface area contributed by atoms with E-state index in [-0.39, 0.29) is 10.6 Å². The Labute approximate surface area is 125 Å². The zero-order valence-electron chi connectivity index (χ0n) is 10.3. The van der Waals surface area contributed by atoms with Gasteiger partial charge in [-0.3, -0.25) is 10.1 Å². The smallest absolute Gasteiger partial charge is 0.258 e. The van der Waals surface area contributed by atoms with Crippen molar-refractivity contribution in [1.29, 1.82) is 0 Å². The van der Waals surface area contributed by atoms with Gasteiger partial charge in [-0.25, -0.2) is 0 Å². The Morgan fingerprint density at radius 3 is 2.21 bits per heavy atom. The van der Waals surface area contributed by atoms with E-state index in [4.69, 9.17) is 0 Å². The summed E-state index contributed by atoms with van der Waals surface area (Å²) in [4.78, 5) is 10.2. The summed E-state index contributed by atoms with van der Waals surface area (Å²) in [6.07, 6.45) is 2.06. The largest absolute Gasteiger partial charge is 0.269 e. The maximum Gasteiger partial charge on any atom is 0.269 e. The van der Waals surface area contributed by atoms with E-state index in [0.717, 1.165) is 14.7 Å². The van der Waals surface area contributed by atoms with E-state index in [1.807, 2.05) is 0 Å². The summed E-state index contributed by atoms with van der Waals surface area (Å²) in [6, 6.07) is 14.8. The normalized spacial score (nSPS) is 11.4. The molecule has 0 spiro atoms. The second-order valence-corrected chi connectivity index (χ2v) is 5.37. The summed E-state index contributed by atoms with van der Waals surface area (Å²) < 4.78 is 1.05. The van der Waals surface area contributed by atoms with Crippen LogP contribution in [0.25, 0.3) is 9.66 Å². The predicted octanol–water partition coefficient (Wildman–Crippen LogP) is 4.84. The van der Waals surface area contributed by atoms with Crippen LogP contribution in [0.2, 0.25) is 0 Å². The van der Waals surface area contributed by atoms with E-state index in [0.29, 0.717) is 0 Å². The number of rotatable bonds is 3. The van der Waals surface area contributed by atoms with Crippen molar-refractivity contribution in [2.45, 2.75) is 6.92 Å². The van der Waals surface area contributed by atoms with E-state index < -0.39 is 0 Å². The highest BCUT2D eigenvalue weighted by atomic mass is 127. The van der Waals surface area contributed by atoms with Crippen LogP contribution in [-0.4, -0.2) is 4.92 Å². The van der Waals surface area contributed by atoms with Crippen molar-refractivity contribution in [3.8, 4) is 0 Å². The van der Waals surface area contributed by atoms with Crippen molar-refractivity contribution in [1.82, 2.24) is 0 Å². The van der Waals surface area contributed by atoms with Crippen LogP contribution in [0.15, 0.2) is 48.5 Å². The van der Waals surface area contributed by atoms with Gasteiger partial charge in [-0.2, -0.15) is 0 Å². The number of nitro benzene ring substituents is 1. The lowest BCUT2D eigenvalue weighted by Gasteiger charge is -2.01. The number of hydrogen-bond donors (Lipinski definition) is 0. The van der Waals surface area contributed by atoms with Crippen molar-refractivity contribution >= 4 is 37.9 Å². The molecule has 96 valence electrons. The minimum Gasteiger partial charge on any atom is -0.258 e. The van der Waals surface area contributed by atoms with E-state index in [1.54, 1.807) is 12.1 Å². The number of halogens is 1. The highest BCUT2D eigenvalue weighted by Gasteiger charge is 2.05. The van der Waals surface area contributed by atoms with Gasteiger partial charge in [0.05, 0.1) is 4.92 Å². The molecule has 0 aliphatic carbocycles. The summed E-state index contributed by atoms with van der Waals surface area (Å²) >= 11 is 2.24. The maximum absolute atomic E-state index is 10.6. The van der Waals surface area contributed by atoms with Crippen molar-refractivity contribution in [3.05, 3.63) is 75.3 Å². The van der Waals surface area contributed by atoms with Crippen LogP contribution < -0.4 is 0 Å². The predicted molar refractivity (Wildman–Crippen MR) is 86.2 cm³/mol. The van der Waals surface area contributed by atoms with Gasteiger partial charge in [-0.15, -0.1) is 0 Å². The maximum atomic E-state index is 10.6. The first-order chi connectivity index (χ1) is 9.06. The Morgan fingerprint density at radius 2 is 1.68 bits per heavy atom. The average molecular weight is 365 g/mol. The van der Waals surface area contributed by atoms with Gasteiger partial charge in [-0.05, 0) is 58.9 Å². The molecule has 0 aliphatic rings. The number of nitrogens with zero attached hydrogens (tertiary/aromatic N) is 1. The third kappa shape index (κ3) is 3.64. The Morgan fingerprint density at radius 1 is 1.11 bits per heavy atom. The summed E-state index contributed by atoms with van der Waals surface area (Å²) in [5.41, 5.74) is 3.44. The SMILES string of the molecule is Cc1ccc(/C=C(/I)c2ccc([N+](=O)[O-])cc2)cc1. The van der Waals surface area contributed by atoms with Gasteiger partial charge < -0.3 is 0 Å². The van der Waals surface area contributed by atoms with Gasteiger partial charge in [0.2, 0.25) is 0 Å². The van der Waals surface area contributed by atoms with Crippen LogP contribution in [0, 0.1) is 17.0 Å². The zero-order valence-corrected chi connectivity index (χ0v) is 12.5. The molecule has 4 heteroatoms. The van der Waals surface area contributed by atoms with Crippen LogP contribution in [-0.2, 0) is 0 Å². The minimum atomic E-state index is -0.389. The second-order valence-electron chi connectivity index (χ2n) is 4.21. The molecule has 0 saturated heterocycles. The molecule has 2 aromatic rings. The molecule has 0 aromatic heterocycles. The number of hydrogen-bond acceptors (Lipinski definition) is 2. The number of benzene rings is 2. The van der Waals surface area contributed by atoms with Crippen LogP contribution in [0.5, 0.6) is 0 Å². The Hall–Kier alpha value is -1.69. The van der Waals surface area contributed by atoms with E-state index in [9.17, 15) is 10.1 Å². The topological polar surface area (TPSA) is 43.1 Å². The van der Waals surface area contributed by atoms with E-state index >= 15 is 0 Å². The fraction of sp³-hybridized carbons (Fsp3) is 0.0667. The lowest BCUT2D eigenvalue weighted by atomic mass is 10.1. The molecule has 2 rings (SSSR count). The molecule has 0 unspecified atom stereocenters. The third-order valence-electron chi connectivity index (χ3n) is 2.72. The number of aryl methyl sites for hydroxylation is 1. The van der Waals surface area contributed by atoms with Crippen molar-refractivity contribution in [3.63, 3.8) is 0 Å². The van der Waals surface area contributed by atoms with Crippen molar-refractivity contribution in [2.75, 3.05) is 0 Å². The molecule has 0 radical (unpaired) electrons. The first kappa shape index (κ1) is 13.7. The van der Waals surface area contributed by atoms with Gasteiger partial charge in [0.25, 0.3) is 5.69 Å². The number of nitro groups is 1. The van der Waals surface area contributed by atoms with Crippen molar-refractivity contribution in [2.24, 2.45) is 0 Å². The lowest BCUT2D eigenvalue weighted by molar-refractivity contribution is -0.384. The Bertz CT molecular complexity index is 616. The van der Waals surface area contributed by atoms with Gasteiger partial charge >= 0.3 is 0 Å². The quantitative estimate of drug-likeness (QED) is 0.338. The minimum absolute atomic E-state index is 0.114. The summed E-state index contributed by atoms with van der Waals surface area (Å²) in [6.45, 7) is 2.05. The Kier molecular flexibility index (Phi) is 4.31. The molecule has 2 aromatic carbocycles. The molecular weight excluding hydrogens is 353 g/mol. The van der Waals surface area contributed by atoms with Gasteiger partial charge in [0.15, 0.2) is 0 Å². The second kappa shape index (κ2) is 5.97. The highest BCUT2D eigenvalue weighted by molar-refractivity contribution is 14.1. The molecule has 0 N–H and O–H groups in total. The third-order valence-corrected chi connectivity index (χ3v) is 3.66. The lowest BCUT2D eigenvalue weighted by Crippen LogP contribution is -1.87. The molecule has 0 atom stereocenters. The van der Waals surface area contributed by atoms with Gasteiger partial charge in [0.1, 0.15) is 0 Å². The summed E-state index contributed by atoms with van der Waals surface area (Å²) in [5, 5.41) is 10.6. The zero-order chi connectivity index (χ0) is 13.8. The first-order valence-corrected chi connectivity index (χ1v) is 6.83. The van der Waals surface area contributed by atoms with E-state index in [1.165, 1.54) is 17.7 Å². The standard InChI is InChI=1S/C15H12INO2/c1-11-2-4-12(5-3-11)10-15(16)13-6-8-14(9-7-13)17(18)19/h2-10H,1H3/b15-10+. The molecule has 0 heterocycles. The van der Waals surface area contributed by atoms with Crippen LogP contribution in [0.1, 0.15) is 16.7 Å². The monoisotopic (exact) mass is 365 g/mol. The average Bonchev–Trinajstić information content (AvgIpc) is 2.41. The van der Waals surface area contributed by atoms with Crippen LogP contribution in [0.3, 0.4) is 0 Å². The number of non-ortho nitro benzene ring substituents is 1. The summed E-state index contributed by atoms with van der Waals surface area (Å²) in [7, 11) is 0. The fourth-order valence-corrected chi connectivity index (χ4v) is 2.35. The fourth-order valence-electron chi connectivity index (χ4n) is 1.63. The molecule has 0 fully saturated rings. The van der Waals surface area contributed by atoms with Crippen LogP contribution in [0.4, 0.5) is 5.69 Å². The molecule has 0 amide bonds. The summed E-state index contributed by atoms with van der Waals surface area (Å²) in [5.74, 6) is 0. The van der Waals surface area contributed by atoms with Gasteiger partial charge in [0, 0.05) is 15.7 Å². The highest BCUT2D eigenvalue weighted by Crippen LogP contribution is 2.26. The molecule has 19 heavy (non-hydrogen) atoms. The molecule has 0 bridgehead atoms. The Balaban J connectivity index is 2.25. The van der Waals surface area contributed by atoms with Crippen LogP contribution >= 0.6 is 22.6 Å². The first-order valence-electron chi connectivity index (χ1n) is 5.75. The molecule has 3 nitrogen and oxygen atoms in total.